The lowest BCUT2D eigenvalue weighted by molar-refractivity contribution is 0.110. The molecule has 1 unspecified atom stereocenters. The Morgan fingerprint density at radius 1 is 1.67 bits per heavy atom. The van der Waals surface area contributed by atoms with Gasteiger partial charge in [-0.15, -0.1) is 0 Å². The molecule has 1 fully saturated rings. The zero-order chi connectivity index (χ0) is 9.19. The summed E-state index contributed by atoms with van der Waals surface area (Å²) in [4.78, 5) is 0. The molecule has 1 aliphatic rings. The van der Waals surface area contributed by atoms with Crippen molar-refractivity contribution in [3.8, 4) is 0 Å². The molecule has 0 spiro atoms. The molecule has 1 nitrogen and oxygen atoms in total. The predicted octanol–water partition coefficient (Wildman–Crippen LogP) is 2.67. The Balaban J connectivity index is 2.78. The second kappa shape index (κ2) is 3.44. The smallest absolute Gasteiger partial charge is 0.0634 e. The van der Waals surface area contributed by atoms with E-state index < -0.39 is 0 Å². The third-order valence-corrected chi connectivity index (χ3v) is 2.92. The number of hydrogen-bond donors (Lipinski definition) is 1. The third kappa shape index (κ3) is 1.34. The normalized spacial score (nSPS) is 23.4. The van der Waals surface area contributed by atoms with E-state index in [1.54, 1.807) is 0 Å². The van der Waals surface area contributed by atoms with Crippen molar-refractivity contribution in [1.29, 1.82) is 0 Å². The molecular formula is C11H18O. The number of aliphatic hydroxyl groups excluding tert-OH is 1. The molecule has 1 rings (SSSR count). The SMILES string of the molecule is C=C/C(=C\C)C1(C(O)CC)CC1. The van der Waals surface area contributed by atoms with E-state index in [0.29, 0.717) is 0 Å². The van der Waals surface area contributed by atoms with E-state index in [4.69, 9.17) is 0 Å². The Hall–Kier alpha value is -0.560. The van der Waals surface area contributed by atoms with Crippen molar-refractivity contribution >= 4 is 0 Å². The minimum absolute atomic E-state index is 0.0747. The Labute approximate surface area is 74.8 Å². The van der Waals surface area contributed by atoms with E-state index in [1.807, 2.05) is 19.9 Å². The van der Waals surface area contributed by atoms with Crippen LogP contribution in [0.1, 0.15) is 33.1 Å². The molecular weight excluding hydrogens is 148 g/mol. The summed E-state index contributed by atoms with van der Waals surface area (Å²) in [6.45, 7) is 7.82. The maximum atomic E-state index is 9.79. The average Bonchev–Trinajstić information content (AvgIpc) is 2.87. The first kappa shape index (κ1) is 9.53. The lowest BCUT2D eigenvalue weighted by Gasteiger charge is -2.22. The molecule has 0 radical (unpaired) electrons. The van der Waals surface area contributed by atoms with Gasteiger partial charge in [-0.3, -0.25) is 0 Å². The highest BCUT2D eigenvalue weighted by atomic mass is 16.3. The van der Waals surface area contributed by atoms with Crippen LogP contribution in [0.15, 0.2) is 24.3 Å². The lowest BCUT2D eigenvalue weighted by atomic mass is 9.88. The summed E-state index contributed by atoms with van der Waals surface area (Å²) in [5, 5.41) is 9.79. The van der Waals surface area contributed by atoms with Gasteiger partial charge < -0.3 is 5.11 Å². The summed E-state index contributed by atoms with van der Waals surface area (Å²) in [6.07, 6.45) is 6.85. The highest BCUT2D eigenvalue weighted by Crippen LogP contribution is 2.55. The van der Waals surface area contributed by atoms with Crippen LogP contribution in [-0.4, -0.2) is 11.2 Å². The van der Waals surface area contributed by atoms with Gasteiger partial charge in [-0.1, -0.05) is 25.7 Å². The Morgan fingerprint density at radius 3 is 2.50 bits per heavy atom. The van der Waals surface area contributed by atoms with Crippen LogP contribution in [0.5, 0.6) is 0 Å². The molecule has 68 valence electrons. The summed E-state index contributed by atoms with van der Waals surface area (Å²) in [5.41, 5.74) is 1.29. The minimum Gasteiger partial charge on any atom is -0.392 e. The van der Waals surface area contributed by atoms with Gasteiger partial charge in [0.15, 0.2) is 0 Å². The van der Waals surface area contributed by atoms with Crippen LogP contribution in [0.3, 0.4) is 0 Å². The molecule has 1 atom stereocenters. The van der Waals surface area contributed by atoms with Gasteiger partial charge in [0.25, 0.3) is 0 Å². The highest BCUT2D eigenvalue weighted by Gasteiger charge is 2.49. The first-order chi connectivity index (χ1) is 5.71. The maximum absolute atomic E-state index is 9.79. The number of hydrogen-bond acceptors (Lipinski definition) is 1. The zero-order valence-electron chi connectivity index (χ0n) is 8.01. The van der Waals surface area contributed by atoms with Gasteiger partial charge in [-0.2, -0.15) is 0 Å². The molecule has 0 aliphatic heterocycles. The van der Waals surface area contributed by atoms with Crippen molar-refractivity contribution in [2.24, 2.45) is 5.41 Å². The van der Waals surface area contributed by atoms with Gasteiger partial charge in [0.1, 0.15) is 0 Å². The molecule has 0 aromatic rings. The molecule has 0 bridgehead atoms. The summed E-state index contributed by atoms with van der Waals surface area (Å²) in [6, 6.07) is 0. The highest BCUT2D eigenvalue weighted by molar-refractivity contribution is 5.32. The molecule has 0 amide bonds. The fourth-order valence-corrected chi connectivity index (χ4v) is 1.95. The van der Waals surface area contributed by atoms with Crippen molar-refractivity contribution in [3.05, 3.63) is 24.3 Å². The Bertz CT molecular complexity index is 199. The quantitative estimate of drug-likeness (QED) is 0.637. The zero-order valence-corrected chi connectivity index (χ0v) is 8.01. The van der Waals surface area contributed by atoms with E-state index in [0.717, 1.165) is 19.3 Å². The monoisotopic (exact) mass is 166 g/mol. The standard InChI is InChI=1S/C11H18O/c1-4-9(5-2)11(7-8-11)10(12)6-3/h4-5,10,12H,1,6-8H2,2-3H3/b9-5+. The van der Waals surface area contributed by atoms with E-state index in [2.05, 4.69) is 12.7 Å². The number of rotatable bonds is 4. The summed E-state index contributed by atoms with van der Waals surface area (Å²) < 4.78 is 0. The largest absolute Gasteiger partial charge is 0.392 e. The van der Waals surface area contributed by atoms with Gasteiger partial charge in [0.05, 0.1) is 6.10 Å². The van der Waals surface area contributed by atoms with Crippen molar-refractivity contribution in [3.63, 3.8) is 0 Å². The van der Waals surface area contributed by atoms with E-state index in [9.17, 15) is 5.11 Å². The molecule has 0 heterocycles. The maximum Gasteiger partial charge on any atom is 0.0634 e. The summed E-state index contributed by atoms with van der Waals surface area (Å²) >= 11 is 0. The topological polar surface area (TPSA) is 20.2 Å². The first-order valence-corrected chi connectivity index (χ1v) is 4.68. The molecule has 1 heteroatoms. The number of allylic oxidation sites excluding steroid dienone is 2. The Morgan fingerprint density at radius 2 is 2.25 bits per heavy atom. The second-order valence-corrected chi connectivity index (χ2v) is 3.53. The van der Waals surface area contributed by atoms with Crippen molar-refractivity contribution in [1.82, 2.24) is 0 Å². The molecule has 1 saturated carbocycles. The van der Waals surface area contributed by atoms with Crippen molar-refractivity contribution in [2.75, 3.05) is 0 Å². The van der Waals surface area contributed by atoms with E-state index in [1.165, 1.54) is 5.57 Å². The lowest BCUT2D eigenvalue weighted by Crippen LogP contribution is -2.22. The molecule has 0 aromatic carbocycles. The number of aliphatic hydroxyl groups is 1. The molecule has 1 aliphatic carbocycles. The molecule has 12 heavy (non-hydrogen) atoms. The van der Waals surface area contributed by atoms with Gasteiger partial charge in [0.2, 0.25) is 0 Å². The van der Waals surface area contributed by atoms with Crippen LogP contribution in [0.4, 0.5) is 0 Å². The van der Waals surface area contributed by atoms with E-state index >= 15 is 0 Å². The third-order valence-electron chi connectivity index (χ3n) is 2.92. The van der Waals surface area contributed by atoms with Crippen LogP contribution >= 0.6 is 0 Å². The fraction of sp³-hybridized carbons (Fsp3) is 0.636. The fourth-order valence-electron chi connectivity index (χ4n) is 1.95. The van der Waals surface area contributed by atoms with Crippen LogP contribution in [0.25, 0.3) is 0 Å². The summed E-state index contributed by atoms with van der Waals surface area (Å²) in [7, 11) is 0. The minimum atomic E-state index is -0.179. The van der Waals surface area contributed by atoms with Crippen LogP contribution in [0, 0.1) is 5.41 Å². The first-order valence-electron chi connectivity index (χ1n) is 4.68. The van der Waals surface area contributed by atoms with Crippen molar-refractivity contribution < 1.29 is 5.11 Å². The molecule has 0 saturated heterocycles. The van der Waals surface area contributed by atoms with Crippen LogP contribution in [-0.2, 0) is 0 Å². The molecule has 0 aromatic heterocycles. The second-order valence-electron chi connectivity index (χ2n) is 3.53. The summed E-state index contributed by atoms with van der Waals surface area (Å²) in [5.74, 6) is 0. The van der Waals surface area contributed by atoms with Gasteiger partial charge in [-0.05, 0) is 31.8 Å². The van der Waals surface area contributed by atoms with Gasteiger partial charge in [0, 0.05) is 5.41 Å². The van der Waals surface area contributed by atoms with Crippen molar-refractivity contribution in [2.45, 2.75) is 39.2 Å². The Kier molecular flexibility index (Phi) is 2.73. The average molecular weight is 166 g/mol. The van der Waals surface area contributed by atoms with E-state index in [-0.39, 0.29) is 11.5 Å². The van der Waals surface area contributed by atoms with Crippen LogP contribution < -0.4 is 0 Å². The molecule has 1 N–H and O–H groups in total. The van der Waals surface area contributed by atoms with Crippen LogP contribution in [0.2, 0.25) is 0 Å². The predicted molar refractivity (Wildman–Crippen MR) is 51.9 cm³/mol. The van der Waals surface area contributed by atoms with Gasteiger partial charge >= 0.3 is 0 Å². The van der Waals surface area contributed by atoms with Gasteiger partial charge in [-0.25, -0.2) is 0 Å².